The van der Waals surface area contributed by atoms with Crippen molar-refractivity contribution in [3.05, 3.63) is 59.7 Å². The number of nitrogens with one attached hydrogen (secondary N) is 1. The van der Waals surface area contributed by atoms with Crippen LogP contribution in [-0.2, 0) is 11.2 Å². The number of rotatable bonds is 7. The molecule has 1 unspecified atom stereocenters. The Hall–Kier alpha value is -2.49. The van der Waals surface area contributed by atoms with Crippen LogP contribution in [0.2, 0.25) is 0 Å². The molecule has 1 aliphatic heterocycles. The smallest absolute Gasteiger partial charge is 0.224 e. The van der Waals surface area contributed by atoms with E-state index in [9.17, 15) is 4.79 Å². The number of carbonyl (C=O) groups is 1. The summed E-state index contributed by atoms with van der Waals surface area (Å²) in [4.78, 5) is 12.2. The molecule has 4 rings (SSSR count). The van der Waals surface area contributed by atoms with Crippen molar-refractivity contribution < 1.29 is 14.3 Å². The highest BCUT2D eigenvalue weighted by Crippen LogP contribution is 2.46. The molecule has 0 saturated heterocycles. The Morgan fingerprint density at radius 1 is 1.04 bits per heavy atom. The molecule has 1 aliphatic carbocycles. The van der Waals surface area contributed by atoms with Gasteiger partial charge in [-0.2, -0.15) is 0 Å². The minimum atomic E-state index is 0.0907. The summed E-state index contributed by atoms with van der Waals surface area (Å²) >= 11 is 0. The van der Waals surface area contributed by atoms with Gasteiger partial charge in [-0.05, 0) is 54.4 Å². The van der Waals surface area contributed by atoms with Crippen molar-refractivity contribution in [3.63, 3.8) is 0 Å². The Morgan fingerprint density at radius 3 is 2.58 bits per heavy atom. The minimum absolute atomic E-state index is 0.0907. The minimum Gasteiger partial charge on any atom is -0.486 e. The molecule has 1 fully saturated rings. The third-order valence-corrected chi connectivity index (χ3v) is 5.17. The zero-order chi connectivity index (χ0) is 17.8. The van der Waals surface area contributed by atoms with Crippen LogP contribution >= 0.6 is 0 Å². The van der Waals surface area contributed by atoms with E-state index < -0.39 is 0 Å². The highest BCUT2D eigenvalue weighted by Gasteiger charge is 2.32. The van der Waals surface area contributed by atoms with Crippen molar-refractivity contribution in [2.24, 2.45) is 5.92 Å². The van der Waals surface area contributed by atoms with Crippen LogP contribution in [0.4, 0.5) is 0 Å². The van der Waals surface area contributed by atoms with Crippen LogP contribution in [-0.4, -0.2) is 25.7 Å². The first-order valence-corrected chi connectivity index (χ1v) is 9.50. The second kappa shape index (κ2) is 7.81. The molecular formula is C22H25NO3. The molecule has 2 aromatic carbocycles. The molecule has 2 aromatic rings. The fourth-order valence-electron chi connectivity index (χ4n) is 3.67. The lowest BCUT2D eigenvalue weighted by atomic mass is 9.90. The number of fused-ring (bicyclic) bond motifs is 1. The number of benzene rings is 2. The first-order valence-electron chi connectivity index (χ1n) is 9.50. The SMILES string of the molecule is O=C(Cc1ccccc1)NCCC(c1ccc2c(c1)OCCO2)C1CC1. The monoisotopic (exact) mass is 351 g/mol. The van der Waals surface area contributed by atoms with Crippen LogP contribution in [0, 0.1) is 5.92 Å². The summed E-state index contributed by atoms with van der Waals surface area (Å²) in [7, 11) is 0. The Labute approximate surface area is 154 Å². The molecule has 0 radical (unpaired) electrons. The lowest BCUT2D eigenvalue weighted by Gasteiger charge is -2.22. The molecule has 4 heteroatoms. The summed E-state index contributed by atoms with van der Waals surface area (Å²) in [5, 5.41) is 3.08. The van der Waals surface area contributed by atoms with Gasteiger partial charge in [-0.1, -0.05) is 36.4 Å². The van der Waals surface area contributed by atoms with E-state index in [1.54, 1.807) is 0 Å². The number of hydrogen-bond donors (Lipinski definition) is 1. The van der Waals surface area contributed by atoms with Crippen LogP contribution < -0.4 is 14.8 Å². The Balaban J connectivity index is 1.34. The molecule has 2 aliphatic rings. The molecule has 1 N–H and O–H groups in total. The molecule has 1 atom stereocenters. The predicted octanol–water partition coefficient (Wildman–Crippen LogP) is 3.70. The van der Waals surface area contributed by atoms with Crippen molar-refractivity contribution >= 4 is 5.91 Å². The van der Waals surface area contributed by atoms with Gasteiger partial charge >= 0.3 is 0 Å². The number of hydrogen-bond acceptors (Lipinski definition) is 3. The summed E-state index contributed by atoms with van der Waals surface area (Å²) in [5.74, 6) is 2.98. The lowest BCUT2D eigenvalue weighted by Crippen LogP contribution is -2.27. The highest BCUT2D eigenvalue weighted by atomic mass is 16.6. The molecule has 136 valence electrons. The van der Waals surface area contributed by atoms with E-state index in [4.69, 9.17) is 9.47 Å². The maximum absolute atomic E-state index is 12.2. The summed E-state index contributed by atoms with van der Waals surface area (Å²) in [6.45, 7) is 1.94. The average Bonchev–Trinajstić information content (AvgIpc) is 3.51. The van der Waals surface area contributed by atoms with Gasteiger partial charge in [0.25, 0.3) is 0 Å². The largest absolute Gasteiger partial charge is 0.486 e. The molecule has 1 amide bonds. The quantitative estimate of drug-likeness (QED) is 0.827. The molecule has 4 nitrogen and oxygen atoms in total. The molecule has 0 spiro atoms. The van der Waals surface area contributed by atoms with E-state index in [-0.39, 0.29) is 5.91 Å². The fraction of sp³-hybridized carbons (Fsp3) is 0.409. The van der Waals surface area contributed by atoms with E-state index in [2.05, 4.69) is 17.4 Å². The number of amides is 1. The van der Waals surface area contributed by atoms with Crippen molar-refractivity contribution in [2.45, 2.75) is 31.6 Å². The first-order chi connectivity index (χ1) is 12.8. The van der Waals surface area contributed by atoms with Gasteiger partial charge < -0.3 is 14.8 Å². The van der Waals surface area contributed by atoms with Crippen LogP contribution in [0.5, 0.6) is 11.5 Å². The van der Waals surface area contributed by atoms with Gasteiger partial charge in [0.15, 0.2) is 11.5 Å². The van der Waals surface area contributed by atoms with Crippen LogP contribution in [0.15, 0.2) is 48.5 Å². The van der Waals surface area contributed by atoms with Gasteiger partial charge in [-0.25, -0.2) is 0 Å². The zero-order valence-electron chi connectivity index (χ0n) is 14.9. The van der Waals surface area contributed by atoms with Crippen molar-refractivity contribution in [3.8, 4) is 11.5 Å². The Morgan fingerprint density at radius 2 is 1.81 bits per heavy atom. The summed E-state index contributed by atoms with van der Waals surface area (Å²) in [5.41, 5.74) is 2.35. The standard InChI is InChI=1S/C22H25NO3/c24-22(14-16-4-2-1-3-5-16)23-11-10-19(17-6-7-17)18-8-9-20-21(15-18)26-13-12-25-20/h1-5,8-9,15,17,19H,6-7,10-14H2,(H,23,24). The van der Waals surface area contributed by atoms with E-state index in [1.165, 1.54) is 18.4 Å². The highest BCUT2D eigenvalue weighted by molar-refractivity contribution is 5.78. The number of carbonyl (C=O) groups excluding carboxylic acids is 1. The Bertz CT molecular complexity index is 755. The van der Waals surface area contributed by atoms with Crippen molar-refractivity contribution in [1.82, 2.24) is 5.32 Å². The van der Waals surface area contributed by atoms with Crippen LogP contribution in [0.3, 0.4) is 0 Å². The third kappa shape index (κ3) is 4.18. The van der Waals surface area contributed by atoms with Gasteiger partial charge in [0.2, 0.25) is 5.91 Å². The normalized spacial score (nSPS) is 16.8. The average molecular weight is 351 g/mol. The fourth-order valence-corrected chi connectivity index (χ4v) is 3.67. The molecular weight excluding hydrogens is 326 g/mol. The number of ether oxygens (including phenoxy) is 2. The van der Waals surface area contributed by atoms with Gasteiger partial charge in [-0.15, -0.1) is 0 Å². The van der Waals surface area contributed by atoms with Crippen LogP contribution in [0.1, 0.15) is 36.3 Å². The van der Waals surface area contributed by atoms with E-state index >= 15 is 0 Å². The van der Waals surface area contributed by atoms with Crippen molar-refractivity contribution in [1.29, 1.82) is 0 Å². The predicted molar refractivity (Wildman–Crippen MR) is 101 cm³/mol. The summed E-state index contributed by atoms with van der Waals surface area (Å²) < 4.78 is 11.4. The summed E-state index contributed by atoms with van der Waals surface area (Å²) in [6, 6.07) is 16.2. The first kappa shape index (κ1) is 17.0. The maximum Gasteiger partial charge on any atom is 0.224 e. The zero-order valence-corrected chi connectivity index (χ0v) is 14.9. The van der Waals surface area contributed by atoms with Gasteiger partial charge in [0, 0.05) is 6.54 Å². The summed E-state index contributed by atoms with van der Waals surface area (Å²) in [6.07, 6.45) is 3.96. The van der Waals surface area contributed by atoms with Crippen LogP contribution in [0.25, 0.3) is 0 Å². The van der Waals surface area contributed by atoms with Gasteiger partial charge in [0.1, 0.15) is 13.2 Å². The van der Waals surface area contributed by atoms with E-state index in [1.807, 2.05) is 36.4 Å². The third-order valence-electron chi connectivity index (χ3n) is 5.17. The van der Waals surface area contributed by atoms with Crippen molar-refractivity contribution in [2.75, 3.05) is 19.8 Å². The Kier molecular flexibility index (Phi) is 5.09. The second-order valence-corrected chi connectivity index (χ2v) is 7.15. The van der Waals surface area contributed by atoms with Gasteiger partial charge in [0.05, 0.1) is 6.42 Å². The molecule has 0 aromatic heterocycles. The topological polar surface area (TPSA) is 47.6 Å². The molecule has 26 heavy (non-hydrogen) atoms. The molecule has 1 saturated carbocycles. The van der Waals surface area contributed by atoms with E-state index in [0.717, 1.165) is 29.4 Å². The van der Waals surface area contributed by atoms with E-state index in [0.29, 0.717) is 32.1 Å². The van der Waals surface area contributed by atoms with Gasteiger partial charge in [-0.3, -0.25) is 4.79 Å². The molecule has 1 heterocycles. The second-order valence-electron chi connectivity index (χ2n) is 7.15. The molecule has 0 bridgehead atoms. The maximum atomic E-state index is 12.2. The lowest BCUT2D eigenvalue weighted by molar-refractivity contribution is -0.120.